The molecule has 0 saturated carbocycles. The summed E-state index contributed by atoms with van der Waals surface area (Å²) >= 11 is 0. The third-order valence-corrected chi connectivity index (χ3v) is 5.77. The van der Waals surface area contributed by atoms with E-state index in [2.05, 4.69) is 27.7 Å². The predicted molar refractivity (Wildman–Crippen MR) is 86.2 cm³/mol. The summed E-state index contributed by atoms with van der Waals surface area (Å²) in [5.41, 5.74) is -0.282. The Hall–Kier alpha value is -0.280. The van der Waals surface area contributed by atoms with Gasteiger partial charge >= 0.3 is 0 Å². The highest BCUT2D eigenvalue weighted by atomic mass is 16.7. The van der Waals surface area contributed by atoms with Crippen LogP contribution in [0.2, 0.25) is 0 Å². The summed E-state index contributed by atoms with van der Waals surface area (Å²) in [5, 5.41) is 39.3. The van der Waals surface area contributed by atoms with Crippen molar-refractivity contribution in [3.63, 3.8) is 0 Å². The quantitative estimate of drug-likeness (QED) is 0.568. The summed E-state index contributed by atoms with van der Waals surface area (Å²) in [6.07, 6.45) is -6.06. The molecule has 2 aliphatic heterocycles. The molecule has 2 rings (SSSR count). The van der Waals surface area contributed by atoms with Crippen molar-refractivity contribution in [3.8, 4) is 0 Å². The third-order valence-electron chi connectivity index (χ3n) is 5.77. The van der Waals surface area contributed by atoms with Crippen molar-refractivity contribution in [1.82, 2.24) is 0 Å². The molecule has 4 N–H and O–H groups in total. The van der Waals surface area contributed by atoms with Gasteiger partial charge < -0.3 is 34.6 Å². The molecular formula is C17H32O7. The molecule has 24 heavy (non-hydrogen) atoms. The lowest BCUT2D eigenvalue weighted by Crippen LogP contribution is -2.62. The molecule has 0 aromatic carbocycles. The molecule has 0 amide bonds. The van der Waals surface area contributed by atoms with E-state index in [1.54, 1.807) is 0 Å². The van der Waals surface area contributed by atoms with E-state index in [0.29, 0.717) is 0 Å². The van der Waals surface area contributed by atoms with Crippen molar-refractivity contribution in [2.75, 3.05) is 6.61 Å². The van der Waals surface area contributed by atoms with Gasteiger partial charge in [-0.15, -0.1) is 0 Å². The van der Waals surface area contributed by atoms with Gasteiger partial charge in [0, 0.05) is 0 Å². The Morgan fingerprint density at radius 1 is 1.00 bits per heavy atom. The van der Waals surface area contributed by atoms with Crippen molar-refractivity contribution < 1.29 is 34.6 Å². The van der Waals surface area contributed by atoms with Gasteiger partial charge in [-0.1, -0.05) is 20.8 Å². The maximum absolute atomic E-state index is 10.2. The van der Waals surface area contributed by atoms with Crippen LogP contribution in [-0.2, 0) is 14.2 Å². The highest BCUT2D eigenvalue weighted by Crippen LogP contribution is 2.41. The lowest BCUT2D eigenvalue weighted by molar-refractivity contribution is -0.337. The Morgan fingerprint density at radius 2 is 1.62 bits per heavy atom. The number of aliphatic hydroxyl groups excluding tert-OH is 4. The molecule has 142 valence electrons. The van der Waals surface area contributed by atoms with Crippen LogP contribution in [0.25, 0.3) is 0 Å². The normalized spacial score (nSPS) is 49.1. The van der Waals surface area contributed by atoms with E-state index in [-0.39, 0.29) is 29.6 Å². The number of hydrogen-bond donors (Lipinski definition) is 4. The number of aliphatic hydroxyl groups is 4. The first-order chi connectivity index (χ1) is 11.1. The van der Waals surface area contributed by atoms with E-state index >= 15 is 0 Å². The van der Waals surface area contributed by atoms with Crippen LogP contribution >= 0.6 is 0 Å². The monoisotopic (exact) mass is 348 g/mol. The fraction of sp³-hybridized carbons (Fsp3) is 1.00. The summed E-state index contributed by atoms with van der Waals surface area (Å²) in [6, 6.07) is 0. The number of rotatable bonds is 4. The molecule has 2 fully saturated rings. The van der Waals surface area contributed by atoms with Crippen molar-refractivity contribution in [3.05, 3.63) is 0 Å². The summed E-state index contributed by atoms with van der Waals surface area (Å²) in [6.45, 7) is 9.82. The van der Waals surface area contributed by atoms with Crippen molar-refractivity contribution >= 4 is 0 Å². The van der Waals surface area contributed by atoms with Gasteiger partial charge in [0.05, 0.1) is 24.4 Å². The fourth-order valence-corrected chi connectivity index (χ4v) is 3.68. The average Bonchev–Trinajstić information content (AvgIpc) is 2.55. The van der Waals surface area contributed by atoms with E-state index < -0.39 is 37.3 Å². The predicted octanol–water partition coefficient (Wildman–Crippen LogP) is 0.0311. The van der Waals surface area contributed by atoms with Crippen LogP contribution in [0.15, 0.2) is 0 Å². The molecule has 6 unspecified atom stereocenters. The zero-order valence-electron chi connectivity index (χ0n) is 15.1. The van der Waals surface area contributed by atoms with Gasteiger partial charge in [-0.05, 0) is 32.1 Å². The van der Waals surface area contributed by atoms with Gasteiger partial charge in [-0.25, -0.2) is 0 Å². The van der Waals surface area contributed by atoms with E-state index in [9.17, 15) is 20.4 Å². The van der Waals surface area contributed by atoms with Crippen LogP contribution in [0.1, 0.15) is 41.0 Å². The second-order valence-electron chi connectivity index (χ2n) is 7.61. The van der Waals surface area contributed by atoms with Gasteiger partial charge in [0.1, 0.15) is 24.4 Å². The average molecular weight is 348 g/mol. The third kappa shape index (κ3) is 3.62. The van der Waals surface area contributed by atoms with Gasteiger partial charge in [-0.3, -0.25) is 0 Å². The first-order valence-corrected chi connectivity index (χ1v) is 8.77. The van der Waals surface area contributed by atoms with E-state index in [0.717, 1.165) is 6.42 Å². The van der Waals surface area contributed by atoms with Gasteiger partial charge in [0.2, 0.25) is 0 Å². The smallest absolute Gasteiger partial charge is 0.187 e. The first-order valence-electron chi connectivity index (χ1n) is 8.77. The van der Waals surface area contributed by atoms with Crippen molar-refractivity contribution in [2.24, 2.45) is 11.8 Å². The van der Waals surface area contributed by atoms with E-state index in [1.807, 2.05) is 6.92 Å². The lowest BCUT2D eigenvalue weighted by atomic mass is 9.75. The van der Waals surface area contributed by atoms with Crippen molar-refractivity contribution in [2.45, 2.75) is 89.6 Å². The Balaban J connectivity index is 2.15. The second kappa shape index (κ2) is 7.53. The van der Waals surface area contributed by atoms with Crippen molar-refractivity contribution in [1.29, 1.82) is 0 Å². The van der Waals surface area contributed by atoms with Crippen LogP contribution in [0.5, 0.6) is 0 Å². The highest BCUT2D eigenvalue weighted by Gasteiger charge is 2.50. The molecule has 0 radical (unpaired) electrons. The first kappa shape index (κ1) is 20.0. The zero-order chi connectivity index (χ0) is 18.2. The largest absolute Gasteiger partial charge is 0.394 e. The van der Waals surface area contributed by atoms with E-state index in [4.69, 9.17) is 14.2 Å². The summed E-state index contributed by atoms with van der Waals surface area (Å²) in [5.74, 6) is 0.362. The molecular weight excluding hydrogens is 316 g/mol. The summed E-state index contributed by atoms with van der Waals surface area (Å²) < 4.78 is 17.6. The number of hydrogen-bond acceptors (Lipinski definition) is 7. The molecule has 9 atom stereocenters. The molecule has 2 aliphatic rings. The Bertz CT molecular complexity index is 412. The SMILES string of the molecule is CCC1OC(C)(C)[C@H](C)C(C)[C@H]1OC1OC(CO)[C@H](O)C(O)C1O. The van der Waals surface area contributed by atoms with Crippen LogP contribution in [0.3, 0.4) is 0 Å². The van der Waals surface area contributed by atoms with E-state index in [1.165, 1.54) is 0 Å². The lowest BCUT2D eigenvalue weighted by Gasteiger charge is -2.51. The molecule has 0 bridgehead atoms. The van der Waals surface area contributed by atoms with Gasteiger partial charge in [0.25, 0.3) is 0 Å². The Kier molecular flexibility index (Phi) is 6.29. The minimum atomic E-state index is -1.44. The molecule has 0 aliphatic carbocycles. The maximum atomic E-state index is 10.2. The zero-order valence-corrected chi connectivity index (χ0v) is 15.1. The highest BCUT2D eigenvalue weighted by molar-refractivity contribution is 4.95. The molecule has 7 nitrogen and oxygen atoms in total. The molecule has 0 aromatic heterocycles. The van der Waals surface area contributed by atoms with Gasteiger partial charge in [-0.2, -0.15) is 0 Å². The molecule has 7 heteroatoms. The Labute approximate surface area is 143 Å². The van der Waals surface area contributed by atoms with Gasteiger partial charge in [0.15, 0.2) is 6.29 Å². The van der Waals surface area contributed by atoms with Crippen LogP contribution in [-0.4, -0.2) is 75.5 Å². The number of ether oxygens (including phenoxy) is 3. The summed E-state index contributed by atoms with van der Waals surface area (Å²) in [7, 11) is 0. The second-order valence-corrected chi connectivity index (χ2v) is 7.61. The van der Waals surface area contributed by atoms with Crippen LogP contribution in [0.4, 0.5) is 0 Å². The van der Waals surface area contributed by atoms with Crippen LogP contribution in [0, 0.1) is 11.8 Å². The molecule has 0 aromatic rings. The Morgan fingerprint density at radius 3 is 2.17 bits per heavy atom. The topological polar surface area (TPSA) is 109 Å². The minimum Gasteiger partial charge on any atom is -0.394 e. The standard InChI is InChI=1S/C17H32O7/c1-6-10-15(8(2)9(3)17(4,5)24-10)23-16-14(21)13(20)12(19)11(7-18)22-16/h8-16,18-21H,6-7H2,1-5H3/t8?,9-,10?,11?,12+,13?,14?,15-,16?/m1/s1. The molecule has 0 spiro atoms. The minimum absolute atomic E-state index is 0.145. The summed E-state index contributed by atoms with van der Waals surface area (Å²) in [4.78, 5) is 0. The molecule has 2 heterocycles. The van der Waals surface area contributed by atoms with Crippen LogP contribution < -0.4 is 0 Å². The molecule has 2 saturated heterocycles. The fourth-order valence-electron chi connectivity index (χ4n) is 3.68. The maximum Gasteiger partial charge on any atom is 0.187 e.